The molecule has 4 nitrogen and oxygen atoms in total. The highest BCUT2D eigenvalue weighted by atomic mass is 35.5. The predicted molar refractivity (Wildman–Crippen MR) is 412 cm³/mol. The minimum Gasteiger partial charge on any atom is -0.457 e. The van der Waals surface area contributed by atoms with Crippen LogP contribution in [0.4, 0.5) is 51.2 Å². The molecule has 0 fully saturated rings. The second-order valence-corrected chi connectivity index (χ2v) is 27.1. The quantitative estimate of drug-likeness (QED) is 0.0904. The minimum absolute atomic E-state index is 0.274. The topological polar surface area (TPSA) is 19.0 Å². The van der Waals surface area contributed by atoms with Crippen LogP contribution in [0.1, 0.15) is 52.7 Å². The Morgan fingerprint density at radius 1 is 0.227 bits per heavy atom. The average molecular weight is 1280 g/mol. The van der Waals surface area contributed by atoms with Crippen LogP contribution in [-0.2, 0) is 10.8 Å². The molecule has 0 radical (unpaired) electrons. The Kier molecular flexibility index (Phi) is 17.9. The smallest absolute Gasteiger partial charge is 0.129 e. The van der Waals surface area contributed by atoms with Gasteiger partial charge in [-0.15, -0.1) is 0 Å². The van der Waals surface area contributed by atoms with Gasteiger partial charge in [-0.3, -0.25) is 0 Å². The van der Waals surface area contributed by atoms with E-state index < -0.39 is 0 Å². The van der Waals surface area contributed by atoms with Gasteiger partial charge < -0.3 is 19.4 Å². The molecule has 14 aromatic carbocycles. The molecule has 5 heteroatoms. The number of ether oxygens (including phenoxy) is 1. The maximum absolute atomic E-state index is 7.50. The van der Waals surface area contributed by atoms with Gasteiger partial charge in [-0.2, -0.15) is 0 Å². The van der Waals surface area contributed by atoms with E-state index in [0.29, 0.717) is 16.5 Å². The van der Waals surface area contributed by atoms with E-state index in [1.165, 1.54) is 0 Å². The fraction of sp³-hybridized carbons (Fsp3) is 0.0870. The van der Waals surface area contributed by atoms with Crippen molar-refractivity contribution in [2.45, 2.75) is 52.4 Å². The second-order valence-electron chi connectivity index (χ2n) is 26.7. The van der Waals surface area contributed by atoms with Gasteiger partial charge in [0.1, 0.15) is 11.5 Å². The molecule has 0 aliphatic carbocycles. The summed E-state index contributed by atoms with van der Waals surface area (Å²) in [5.41, 5.74) is 23.6. The largest absolute Gasteiger partial charge is 0.457 e. The van der Waals surface area contributed by atoms with Gasteiger partial charge >= 0.3 is 0 Å². The van der Waals surface area contributed by atoms with E-state index >= 15 is 0 Å². The van der Waals surface area contributed by atoms with Gasteiger partial charge in [-0.1, -0.05) is 320 Å². The maximum Gasteiger partial charge on any atom is 0.129 e. The van der Waals surface area contributed by atoms with E-state index in [1.54, 1.807) is 0 Å². The minimum atomic E-state index is -0.337. The van der Waals surface area contributed by atoms with Crippen molar-refractivity contribution >= 4 is 62.8 Å². The summed E-state index contributed by atoms with van der Waals surface area (Å²) in [4.78, 5) is 7.31. The fourth-order valence-electron chi connectivity index (χ4n) is 13.2. The molecule has 0 amide bonds. The van der Waals surface area contributed by atoms with E-state index in [-0.39, 0.29) is 10.8 Å². The lowest BCUT2D eigenvalue weighted by molar-refractivity contribution is 0.479. The molecule has 0 saturated carbocycles. The average Bonchev–Trinajstić information content (AvgIpc) is 0.758. The lowest BCUT2D eigenvalue weighted by Gasteiger charge is -2.35. The summed E-state index contributed by atoms with van der Waals surface area (Å²) in [6.07, 6.45) is 0. The Morgan fingerprint density at radius 3 is 0.835 bits per heavy atom. The van der Waals surface area contributed by atoms with Crippen LogP contribution in [0, 0.1) is 0 Å². The number of nitrogens with zero attached hydrogens (tertiary/aromatic N) is 3. The van der Waals surface area contributed by atoms with Gasteiger partial charge in [-0.25, -0.2) is 0 Å². The number of hydrogen-bond acceptors (Lipinski definition) is 4. The van der Waals surface area contributed by atoms with Crippen LogP contribution in [0.25, 0.3) is 66.8 Å². The van der Waals surface area contributed by atoms with Gasteiger partial charge in [0.25, 0.3) is 0 Å². The van der Waals surface area contributed by atoms with Crippen molar-refractivity contribution in [3.63, 3.8) is 0 Å². The molecule has 0 atom stereocenters. The summed E-state index contributed by atoms with van der Waals surface area (Å²) in [5, 5.41) is 0.637. The monoisotopic (exact) mass is 1270 g/mol. The van der Waals surface area contributed by atoms with E-state index in [0.717, 1.165) is 129 Å². The Bertz CT molecular complexity index is 4860. The summed E-state index contributed by atoms with van der Waals surface area (Å²) >= 11 is 7.17. The standard InChI is InChI=1S/C92H76ClN3O/c1-91(2,3)71-57-77(95(75-48-28-45-73(93)61-75)89-84(67-37-18-9-19-38-67)53-31-54-85(89)68-39-20-10-21-40-68)62-78(58-71)96(90-86(69-41-22-11-23-42-69)55-32-56-87(90)70-43-24-12-25-44-70)76-49-29-50-80(63-76)97-81-60-72(92(4,5)6)59-79(64-81)94(74-46-26-13-27-47-74)88-82(65-33-14-7-15-34-65)51-30-52-83(88)66-35-16-8-17-36-66/h7-64H,1-6H3. The summed E-state index contributed by atoms with van der Waals surface area (Å²) in [6, 6.07) is 126. The first-order chi connectivity index (χ1) is 47.3. The normalized spacial score (nSPS) is 11.5. The third-order valence-electron chi connectivity index (χ3n) is 18.0. The molecule has 0 N–H and O–H groups in total. The highest BCUT2D eigenvalue weighted by Crippen LogP contribution is 2.54. The second kappa shape index (κ2) is 27.5. The molecule has 97 heavy (non-hydrogen) atoms. The van der Waals surface area contributed by atoms with Gasteiger partial charge in [0, 0.05) is 79.0 Å². The number of anilines is 9. The van der Waals surface area contributed by atoms with E-state index in [9.17, 15) is 0 Å². The van der Waals surface area contributed by atoms with Crippen molar-refractivity contribution in [3.05, 3.63) is 368 Å². The highest BCUT2D eigenvalue weighted by Gasteiger charge is 2.30. The van der Waals surface area contributed by atoms with Crippen molar-refractivity contribution in [2.24, 2.45) is 0 Å². The summed E-state index contributed by atoms with van der Waals surface area (Å²) in [6.45, 7) is 13.7. The molecule has 0 saturated heterocycles. The zero-order valence-corrected chi connectivity index (χ0v) is 56.4. The van der Waals surface area contributed by atoms with Crippen LogP contribution in [0.15, 0.2) is 352 Å². The molecule has 0 aliphatic rings. The Morgan fingerprint density at radius 2 is 0.495 bits per heavy atom. The Hall–Kier alpha value is -11.4. The summed E-state index contributed by atoms with van der Waals surface area (Å²) in [7, 11) is 0. The van der Waals surface area contributed by atoms with Crippen molar-refractivity contribution in [2.75, 3.05) is 14.7 Å². The molecule has 0 unspecified atom stereocenters. The van der Waals surface area contributed by atoms with Crippen molar-refractivity contribution in [3.8, 4) is 78.3 Å². The predicted octanol–water partition coefficient (Wildman–Crippen LogP) is 27.1. The Labute approximate surface area is 577 Å². The molecule has 0 bridgehead atoms. The molecule has 472 valence electrons. The molecule has 0 spiro atoms. The number of hydrogen-bond donors (Lipinski definition) is 0. The van der Waals surface area contributed by atoms with Crippen LogP contribution < -0.4 is 19.4 Å². The van der Waals surface area contributed by atoms with E-state index in [2.05, 4.69) is 402 Å². The van der Waals surface area contributed by atoms with Crippen molar-refractivity contribution in [1.82, 2.24) is 0 Å². The van der Waals surface area contributed by atoms with Gasteiger partial charge in [-0.05, 0) is 128 Å². The van der Waals surface area contributed by atoms with Crippen molar-refractivity contribution in [1.29, 1.82) is 0 Å². The molecule has 0 aliphatic heterocycles. The van der Waals surface area contributed by atoms with E-state index in [1.807, 2.05) is 6.07 Å². The van der Waals surface area contributed by atoms with Gasteiger partial charge in [0.05, 0.1) is 22.7 Å². The molecular formula is C92H76ClN3O. The first-order valence-electron chi connectivity index (χ1n) is 33.3. The van der Waals surface area contributed by atoms with Crippen LogP contribution >= 0.6 is 11.6 Å². The zero-order chi connectivity index (χ0) is 66.5. The number of rotatable bonds is 17. The van der Waals surface area contributed by atoms with Crippen LogP contribution in [-0.4, -0.2) is 0 Å². The third kappa shape index (κ3) is 13.5. The summed E-state index contributed by atoms with van der Waals surface area (Å²) in [5.74, 6) is 1.39. The van der Waals surface area contributed by atoms with Crippen molar-refractivity contribution < 1.29 is 4.74 Å². The summed E-state index contributed by atoms with van der Waals surface area (Å²) < 4.78 is 7.50. The first-order valence-corrected chi connectivity index (χ1v) is 33.7. The lowest BCUT2D eigenvalue weighted by Crippen LogP contribution is -2.19. The Balaban J connectivity index is 1.02. The van der Waals surface area contributed by atoms with Gasteiger partial charge in [0.2, 0.25) is 0 Å². The van der Waals surface area contributed by atoms with Crippen LogP contribution in [0.3, 0.4) is 0 Å². The van der Waals surface area contributed by atoms with Crippen LogP contribution in [0.5, 0.6) is 11.5 Å². The number of para-hydroxylation sites is 4. The number of halogens is 1. The van der Waals surface area contributed by atoms with Crippen LogP contribution in [0.2, 0.25) is 5.02 Å². The molecule has 0 heterocycles. The lowest BCUT2D eigenvalue weighted by atomic mass is 9.85. The number of benzene rings is 14. The molecule has 0 aromatic heterocycles. The van der Waals surface area contributed by atoms with Gasteiger partial charge in [0.15, 0.2) is 0 Å². The zero-order valence-electron chi connectivity index (χ0n) is 55.6. The third-order valence-corrected chi connectivity index (χ3v) is 18.2. The SMILES string of the molecule is CC(C)(C)c1cc(Oc2cccc(N(c3cc(N(c4cccc(Cl)c4)c4c(-c5ccccc5)cccc4-c4ccccc4)cc(C(C)(C)C)c3)c3c(-c4ccccc4)cccc3-c3ccccc3)c2)cc(N(c2ccccc2)c2c(-c3ccccc3)cccc2-c2ccccc2)c1. The molecule has 14 aromatic rings. The molecular weight excluding hydrogens is 1200 g/mol. The maximum atomic E-state index is 7.50. The fourth-order valence-corrected chi connectivity index (χ4v) is 13.4. The molecule has 14 rings (SSSR count). The highest BCUT2D eigenvalue weighted by molar-refractivity contribution is 6.31. The first kappa shape index (κ1) is 63.0. The van der Waals surface area contributed by atoms with E-state index in [4.69, 9.17) is 16.3 Å².